The van der Waals surface area contributed by atoms with Crippen molar-refractivity contribution in [2.24, 2.45) is 5.73 Å². The number of hydrogen-bond donors (Lipinski definition) is 3. The molecule has 3 aromatic rings. The first kappa shape index (κ1) is 18.6. The van der Waals surface area contributed by atoms with Gasteiger partial charge in [0.2, 0.25) is 5.91 Å². The number of nitro benzene ring substituents is 1. The number of carbonyl (C=O) groups excluding carboxylic acids is 2. The van der Waals surface area contributed by atoms with Gasteiger partial charge in [0, 0.05) is 28.6 Å². The van der Waals surface area contributed by atoms with E-state index in [1.54, 1.807) is 24.3 Å². The van der Waals surface area contributed by atoms with Gasteiger partial charge in [-0.1, -0.05) is 18.2 Å². The molecule has 0 aliphatic rings. The molecule has 0 aliphatic heterocycles. The first-order chi connectivity index (χ1) is 13.4. The first-order valence-corrected chi connectivity index (χ1v) is 8.26. The van der Waals surface area contributed by atoms with E-state index in [9.17, 15) is 19.7 Å². The van der Waals surface area contributed by atoms with Crippen molar-refractivity contribution in [3.63, 3.8) is 0 Å². The molecule has 0 spiro atoms. The summed E-state index contributed by atoms with van der Waals surface area (Å²) in [5.74, 6) is -1.09. The van der Waals surface area contributed by atoms with Crippen molar-refractivity contribution < 1.29 is 14.5 Å². The molecule has 4 N–H and O–H groups in total. The Morgan fingerprint density at radius 3 is 2.11 bits per heavy atom. The number of primary amides is 1. The third-order valence-corrected chi connectivity index (χ3v) is 3.94. The molecule has 0 fully saturated rings. The van der Waals surface area contributed by atoms with Crippen LogP contribution in [0.15, 0.2) is 72.8 Å². The van der Waals surface area contributed by atoms with Gasteiger partial charge in [-0.15, -0.1) is 0 Å². The lowest BCUT2D eigenvalue weighted by Crippen LogP contribution is -2.14. The van der Waals surface area contributed by atoms with Crippen molar-refractivity contribution in [1.29, 1.82) is 0 Å². The lowest BCUT2D eigenvalue weighted by molar-refractivity contribution is -0.383. The van der Waals surface area contributed by atoms with Gasteiger partial charge in [-0.3, -0.25) is 19.7 Å². The molecule has 28 heavy (non-hydrogen) atoms. The fourth-order valence-electron chi connectivity index (χ4n) is 2.53. The molecule has 0 bridgehead atoms. The Bertz CT molecular complexity index is 1030. The molecule has 0 radical (unpaired) electrons. The van der Waals surface area contributed by atoms with E-state index in [1.807, 2.05) is 6.07 Å². The molecule has 0 aliphatic carbocycles. The van der Waals surface area contributed by atoms with Crippen molar-refractivity contribution in [2.75, 3.05) is 10.6 Å². The minimum Gasteiger partial charge on any atom is -0.366 e. The molecule has 0 aromatic heterocycles. The number of nitrogens with two attached hydrogens (primary N) is 1. The van der Waals surface area contributed by atoms with E-state index in [0.717, 1.165) is 0 Å². The molecule has 140 valence electrons. The van der Waals surface area contributed by atoms with E-state index in [-0.39, 0.29) is 16.9 Å². The standard InChI is InChI=1S/C20H16N4O4/c21-19(25)13-6-9-16(10-7-13)23-20(26)14-8-11-17(18(12-14)24(27)28)22-15-4-2-1-3-5-15/h1-12,22H,(H2,21,25)(H,23,26). The number of anilines is 3. The van der Waals surface area contributed by atoms with E-state index >= 15 is 0 Å². The average molecular weight is 376 g/mol. The predicted molar refractivity (Wildman–Crippen MR) is 106 cm³/mol. The zero-order valence-corrected chi connectivity index (χ0v) is 14.6. The molecule has 0 heterocycles. The van der Waals surface area contributed by atoms with Gasteiger partial charge in [0.15, 0.2) is 0 Å². The molecule has 3 aromatic carbocycles. The van der Waals surface area contributed by atoms with Gasteiger partial charge in [-0.2, -0.15) is 0 Å². The number of nitrogens with one attached hydrogen (secondary N) is 2. The molecule has 0 atom stereocenters. The highest BCUT2D eigenvalue weighted by Gasteiger charge is 2.18. The van der Waals surface area contributed by atoms with Crippen LogP contribution < -0.4 is 16.4 Å². The van der Waals surface area contributed by atoms with Gasteiger partial charge >= 0.3 is 0 Å². The predicted octanol–water partition coefficient (Wildman–Crippen LogP) is 3.69. The molecule has 0 saturated heterocycles. The molecule has 0 unspecified atom stereocenters. The zero-order chi connectivity index (χ0) is 20.1. The van der Waals surface area contributed by atoms with E-state index in [0.29, 0.717) is 16.9 Å². The van der Waals surface area contributed by atoms with Crippen molar-refractivity contribution in [2.45, 2.75) is 0 Å². The summed E-state index contributed by atoms with van der Waals surface area (Å²) >= 11 is 0. The van der Waals surface area contributed by atoms with E-state index in [4.69, 9.17) is 5.73 Å². The van der Waals surface area contributed by atoms with Crippen molar-refractivity contribution in [3.8, 4) is 0 Å². The maximum atomic E-state index is 12.4. The highest BCUT2D eigenvalue weighted by Crippen LogP contribution is 2.29. The maximum absolute atomic E-state index is 12.4. The van der Waals surface area contributed by atoms with Crippen molar-refractivity contribution in [1.82, 2.24) is 0 Å². The Balaban J connectivity index is 1.81. The number of nitrogens with zero attached hydrogens (tertiary/aromatic N) is 1. The lowest BCUT2D eigenvalue weighted by Gasteiger charge is -2.09. The summed E-state index contributed by atoms with van der Waals surface area (Å²) in [7, 11) is 0. The number of amides is 2. The van der Waals surface area contributed by atoms with E-state index in [2.05, 4.69) is 10.6 Å². The second kappa shape index (κ2) is 8.00. The van der Waals surface area contributed by atoms with Crippen LogP contribution in [0.4, 0.5) is 22.7 Å². The summed E-state index contributed by atoms with van der Waals surface area (Å²) in [5.41, 5.74) is 6.79. The Morgan fingerprint density at radius 2 is 1.50 bits per heavy atom. The van der Waals surface area contributed by atoms with Crippen LogP contribution in [0.5, 0.6) is 0 Å². The summed E-state index contributed by atoms with van der Waals surface area (Å²) in [4.78, 5) is 34.4. The summed E-state index contributed by atoms with van der Waals surface area (Å²) in [6.45, 7) is 0. The Kier molecular flexibility index (Phi) is 5.31. The summed E-state index contributed by atoms with van der Waals surface area (Å²) in [6.07, 6.45) is 0. The number of rotatable bonds is 6. The van der Waals surface area contributed by atoms with Crippen LogP contribution in [0.1, 0.15) is 20.7 Å². The second-order valence-electron chi connectivity index (χ2n) is 5.88. The van der Waals surface area contributed by atoms with Crippen LogP contribution in [0.25, 0.3) is 0 Å². The monoisotopic (exact) mass is 376 g/mol. The molecule has 0 saturated carbocycles. The Morgan fingerprint density at radius 1 is 0.857 bits per heavy atom. The van der Waals surface area contributed by atoms with Gasteiger partial charge < -0.3 is 16.4 Å². The van der Waals surface area contributed by atoms with Crippen molar-refractivity contribution >= 4 is 34.6 Å². The largest absolute Gasteiger partial charge is 0.366 e. The van der Waals surface area contributed by atoms with Crippen LogP contribution in [0.3, 0.4) is 0 Å². The van der Waals surface area contributed by atoms with E-state index in [1.165, 1.54) is 42.5 Å². The fraction of sp³-hybridized carbons (Fsp3) is 0. The molecular formula is C20H16N4O4. The van der Waals surface area contributed by atoms with Crippen LogP contribution in [0, 0.1) is 10.1 Å². The molecule has 2 amide bonds. The minimum atomic E-state index is -0.574. The van der Waals surface area contributed by atoms with Crippen LogP contribution in [-0.2, 0) is 0 Å². The molecule has 3 rings (SSSR count). The molecule has 8 heteroatoms. The van der Waals surface area contributed by atoms with Crippen LogP contribution in [-0.4, -0.2) is 16.7 Å². The Hall–Kier alpha value is -4.20. The van der Waals surface area contributed by atoms with Crippen LogP contribution >= 0.6 is 0 Å². The second-order valence-corrected chi connectivity index (χ2v) is 5.88. The van der Waals surface area contributed by atoms with Crippen LogP contribution in [0.2, 0.25) is 0 Å². The highest BCUT2D eigenvalue weighted by atomic mass is 16.6. The maximum Gasteiger partial charge on any atom is 0.293 e. The number of hydrogen-bond acceptors (Lipinski definition) is 5. The number of benzene rings is 3. The summed E-state index contributed by atoms with van der Waals surface area (Å²) in [6, 6.07) is 19.2. The fourth-order valence-corrected chi connectivity index (χ4v) is 2.53. The molecule has 8 nitrogen and oxygen atoms in total. The number of carbonyl (C=O) groups is 2. The van der Waals surface area contributed by atoms with Gasteiger partial charge in [-0.05, 0) is 48.5 Å². The van der Waals surface area contributed by atoms with Crippen molar-refractivity contribution in [3.05, 3.63) is 94.0 Å². The normalized spacial score (nSPS) is 10.1. The summed E-state index contributed by atoms with van der Waals surface area (Å²) < 4.78 is 0. The SMILES string of the molecule is NC(=O)c1ccc(NC(=O)c2ccc(Nc3ccccc3)c([N+](=O)[O-])c2)cc1. The highest BCUT2D eigenvalue weighted by molar-refractivity contribution is 6.05. The smallest absolute Gasteiger partial charge is 0.293 e. The van der Waals surface area contributed by atoms with Gasteiger partial charge in [0.05, 0.1) is 4.92 Å². The lowest BCUT2D eigenvalue weighted by atomic mass is 10.1. The minimum absolute atomic E-state index is 0.129. The third kappa shape index (κ3) is 4.31. The first-order valence-electron chi connectivity index (χ1n) is 8.26. The van der Waals surface area contributed by atoms with Gasteiger partial charge in [0.1, 0.15) is 5.69 Å². The van der Waals surface area contributed by atoms with E-state index < -0.39 is 16.7 Å². The number of para-hydroxylation sites is 1. The third-order valence-electron chi connectivity index (χ3n) is 3.94. The van der Waals surface area contributed by atoms with Gasteiger partial charge in [0.25, 0.3) is 11.6 Å². The zero-order valence-electron chi connectivity index (χ0n) is 14.6. The average Bonchev–Trinajstić information content (AvgIpc) is 2.69. The quantitative estimate of drug-likeness (QED) is 0.446. The summed E-state index contributed by atoms with van der Waals surface area (Å²) in [5, 5.41) is 17.0. The Labute approximate surface area is 160 Å². The number of nitro groups is 1. The van der Waals surface area contributed by atoms with Gasteiger partial charge in [-0.25, -0.2) is 0 Å². The topological polar surface area (TPSA) is 127 Å². The molecular weight excluding hydrogens is 360 g/mol.